The molecule has 1 amide bonds. The third kappa shape index (κ3) is 4.11. The Balaban J connectivity index is 1.67. The molecule has 1 fully saturated rings. The van der Waals surface area contributed by atoms with Crippen LogP contribution in [-0.4, -0.2) is 25.9 Å². The van der Waals surface area contributed by atoms with Crippen molar-refractivity contribution in [2.45, 2.75) is 13.8 Å². The molecule has 1 saturated heterocycles. The van der Waals surface area contributed by atoms with E-state index < -0.39 is 5.97 Å². The van der Waals surface area contributed by atoms with E-state index in [9.17, 15) is 9.59 Å². The number of nitrogens with zero attached hydrogens (tertiary/aromatic N) is 2. The average molecular weight is 513 g/mol. The highest BCUT2D eigenvalue weighted by Gasteiger charge is 2.33. The lowest BCUT2D eigenvalue weighted by Crippen LogP contribution is -2.27. The number of aromatic nitrogens is 1. The normalized spacial score (nSPS) is 15.2. The Hall–Kier alpha value is -2.68. The fourth-order valence-corrected chi connectivity index (χ4v) is 5.06. The zero-order valence-corrected chi connectivity index (χ0v) is 19.8. The van der Waals surface area contributed by atoms with Gasteiger partial charge in [0.25, 0.3) is 5.91 Å². The maximum atomic E-state index is 13.1. The van der Waals surface area contributed by atoms with E-state index in [0.717, 1.165) is 32.8 Å². The van der Waals surface area contributed by atoms with E-state index in [1.807, 2.05) is 54.8 Å². The molecule has 8 heteroatoms. The number of carbonyl (C=O) groups excluding carboxylic acids is 1. The highest BCUT2D eigenvalue weighted by molar-refractivity contribution is 9.10. The molecular weight excluding hydrogens is 496 g/mol. The lowest BCUT2D eigenvalue weighted by Gasteiger charge is -2.14. The second-order valence-corrected chi connectivity index (χ2v) is 9.60. The SMILES string of the molecule is Cc1cc(/C=C2/SC(=S)N(c3ccc(Br)cc3)C2=O)c(C)n1-c1ccc(C(=O)O)cc1. The van der Waals surface area contributed by atoms with Gasteiger partial charge in [0.15, 0.2) is 4.32 Å². The van der Waals surface area contributed by atoms with Crippen LogP contribution in [0.1, 0.15) is 27.3 Å². The van der Waals surface area contributed by atoms with Gasteiger partial charge in [0.05, 0.1) is 16.2 Å². The number of anilines is 1. The number of rotatable bonds is 4. The van der Waals surface area contributed by atoms with Crippen LogP contribution in [0, 0.1) is 13.8 Å². The van der Waals surface area contributed by atoms with Crippen molar-refractivity contribution in [1.82, 2.24) is 4.57 Å². The topological polar surface area (TPSA) is 62.5 Å². The van der Waals surface area contributed by atoms with E-state index in [1.54, 1.807) is 29.2 Å². The summed E-state index contributed by atoms with van der Waals surface area (Å²) in [5.41, 5.74) is 4.68. The van der Waals surface area contributed by atoms with Crippen LogP contribution in [0.4, 0.5) is 5.69 Å². The summed E-state index contributed by atoms with van der Waals surface area (Å²) in [4.78, 5) is 26.3. The predicted octanol–water partition coefficient (Wildman–Crippen LogP) is 5.96. The zero-order chi connectivity index (χ0) is 22.3. The fourth-order valence-electron chi connectivity index (χ4n) is 3.51. The minimum absolute atomic E-state index is 0.145. The van der Waals surface area contributed by atoms with Crippen molar-refractivity contribution in [3.05, 3.63) is 86.5 Å². The minimum atomic E-state index is -0.957. The zero-order valence-electron chi connectivity index (χ0n) is 16.6. The standard InChI is InChI=1S/C23H17BrN2O3S2/c1-13-11-16(14(2)25(13)18-7-3-15(4-8-18)22(28)29)12-20-21(27)26(23(30)31-20)19-9-5-17(24)6-10-19/h3-12H,1-2H3,(H,28,29)/b20-12+. The number of hydrogen-bond donors (Lipinski definition) is 1. The summed E-state index contributed by atoms with van der Waals surface area (Å²) < 4.78 is 3.46. The van der Waals surface area contributed by atoms with Gasteiger partial charge in [0.2, 0.25) is 0 Å². The summed E-state index contributed by atoms with van der Waals surface area (Å²) >= 11 is 10.1. The minimum Gasteiger partial charge on any atom is -0.478 e. The Kier molecular flexibility index (Phi) is 5.88. The molecule has 0 unspecified atom stereocenters. The van der Waals surface area contributed by atoms with Crippen LogP contribution >= 0.6 is 39.9 Å². The highest BCUT2D eigenvalue weighted by Crippen LogP contribution is 2.37. The van der Waals surface area contributed by atoms with E-state index in [2.05, 4.69) is 15.9 Å². The van der Waals surface area contributed by atoms with Crippen LogP contribution in [0.5, 0.6) is 0 Å². The van der Waals surface area contributed by atoms with Crippen LogP contribution in [0.2, 0.25) is 0 Å². The number of carboxylic acid groups (broad SMARTS) is 1. The van der Waals surface area contributed by atoms with Crippen molar-refractivity contribution in [2.24, 2.45) is 0 Å². The van der Waals surface area contributed by atoms with Gasteiger partial charge in [-0.05, 0) is 80.1 Å². The van der Waals surface area contributed by atoms with Crippen LogP contribution in [0.25, 0.3) is 11.8 Å². The third-order valence-corrected chi connectivity index (χ3v) is 6.84. The van der Waals surface area contributed by atoms with Gasteiger partial charge in [-0.1, -0.05) is 39.9 Å². The van der Waals surface area contributed by atoms with Gasteiger partial charge in [-0.2, -0.15) is 0 Å². The lowest BCUT2D eigenvalue weighted by molar-refractivity contribution is -0.113. The second kappa shape index (κ2) is 8.45. The van der Waals surface area contributed by atoms with Crippen molar-refractivity contribution < 1.29 is 14.7 Å². The van der Waals surface area contributed by atoms with Crippen molar-refractivity contribution in [3.63, 3.8) is 0 Å². The molecule has 0 aliphatic carbocycles. The molecular formula is C23H17BrN2O3S2. The molecule has 1 aromatic heterocycles. The predicted molar refractivity (Wildman–Crippen MR) is 132 cm³/mol. The maximum absolute atomic E-state index is 13.1. The van der Waals surface area contributed by atoms with E-state index in [0.29, 0.717) is 9.23 Å². The first-order valence-corrected chi connectivity index (χ1v) is 11.3. The van der Waals surface area contributed by atoms with E-state index >= 15 is 0 Å². The molecule has 1 aliphatic heterocycles. The molecule has 5 nitrogen and oxygen atoms in total. The lowest BCUT2D eigenvalue weighted by atomic mass is 10.2. The van der Waals surface area contributed by atoms with Crippen LogP contribution in [0.15, 0.2) is 64.0 Å². The second-order valence-electron chi connectivity index (χ2n) is 7.01. The number of aryl methyl sites for hydroxylation is 1. The molecule has 0 saturated carbocycles. The molecule has 2 heterocycles. The first-order chi connectivity index (χ1) is 14.8. The van der Waals surface area contributed by atoms with Crippen LogP contribution in [0.3, 0.4) is 0 Å². The van der Waals surface area contributed by atoms with Crippen molar-refractivity contribution >= 4 is 67.9 Å². The summed E-state index contributed by atoms with van der Waals surface area (Å²) in [6.45, 7) is 3.95. The first-order valence-electron chi connectivity index (χ1n) is 9.32. The Morgan fingerprint density at radius 1 is 1.06 bits per heavy atom. The molecule has 2 aromatic carbocycles. The number of thiocarbonyl (C=S) groups is 1. The molecule has 3 aromatic rings. The third-order valence-electron chi connectivity index (χ3n) is 5.01. The monoisotopic (exact) mass is 512 g/mol. The smallest absolute Gasteiger partial charge is 0.335 e. The Morgan fingerprint density at radius 3 is 2.29 bits per heavy atom. The number of carbonyl (C=O) groups is 2. The summed E-state index contributed by atoms with van der Waals surface area (Å²) in [7, 11) is 0. The molecule has 1 N–H and O–H groups in total. The largest absolute Gasteiger partial charge is 0.478 e. The fraction of sp³-hybridized carbons (Fsp3) is 0.0870. The van der Waals surface area contributed by atoms with Crippen LogP contribution < -0.4 is 4.90 Å². The summed E-state index contributed by atoms with van der Waals surface area (Å²) in [6.07, 6.45) is 1.86. The number of hydrogen-bond acceptors (Lipinski definition) is 4. The van der Waals surface area contributed by atoms with Crippen LogP contribution in [-0.2, 0) is 4.79 Å². The summed E-state index contributed by atoms with van der Waals surface area (Å²) in [5.74, 6) is -1.10. The number of thioether (sulfide) groups is 1. The molecule has 0 spiro atoms. The maximum Gasteiger partial charge on any atom is 0.335 e. The van der Waals surface area contributed by atoms with Gasteiger partial charge in [0.1, 0.15) is 0 Å². The van der Waals surface area contributed by atoms with Crippen molar-refractivity contribution in [2.75, 3.05) is 4.90 Å². The molecule has 0 atom stereocenters. The highest BCUT2D eigenvalue weighted by atomic mass is 79.9. The Labute approximate surface area is 197 Å². The van der Waals surface area contributed by atoms with E-state index in [4.69, 9.17) is 17.3 Å². The quantitative estimate of drug-likeness (QED) is 0.345. The number of carboxylic acids is 1. The molecule has 31 heavy (non-hydrogen) atoms. The van der Waals surface area contributed by atoms with Gasteiger partial charge < -0.3 is 9.67 Å². The van der Waals surface area contributed by atoms with Gasteiger partial charge in [-0.15, -0.1) is 0 Å². The Bertz CT molecular complexity index is 1250. The number of halogens is 1. The molecule has 1 aliphatic rings. The molecule has 0 bridgehead atoms. The van der Waals surface area contributed by atoms with Gasteiger partial charge in [0, 0.05) is 21.5 Å². The first kappa shape index (κ1) is 21.5. The molecule has 0 radical (unpaired) electrons. The van der Waals surface area contributed by atoms with Gasteiger partial charge >= 0.3 is 5.97 Å². The Morgan fingerprint density at radius 2 is 1.68 bits per heavy atom. The summed E-state index contributed by atoms with van der Waals surface area (Å²) in [6, 6.07) is 16.2. The average Bonchev–Trinajstić information content (AvgIpc) is 3.17. The van der Waals surface area contributed by atoms with Crippen molar-refractivity contribution in [3.8, 4) is 5.69 Å². The van der Waals surface area contributed by atoms with Gasteiger partial charge in [-0.25, -0.2) is 4.79 Å². The van der Waals surface area contributed by atoms with Gasteiger partial charge in [-0.3, -0.25) is 9.69 Å². The number of amides is 1. The molecule has 4 rings (SSSR count). The molecule has 156 valence electrons. The van der Waals surface area contributed by atoms with E-state index in [-0.39, 0.29) is 11.5 Å². The van der Waals surface area contributed by atoms with Crippen molar-refractivity contribution in [1.29, 1.82) is 0 Å². The number of benzene rings is 2. The summed E-state index contributed by atoms with van der Waals surface area (Å²) in [5, 5.41) is 9.12. The number of aromatic carboxylic acids is 1. The van der Waals surface area contributed by atoms with E-state index in [1.165, 1.54) is 11.8 Å².